The Kier molecular flexibility index (Phi) is 7.53. The van der Waals surface area contributed by atoms with Crippen LogP contribution in [0, 0.1) is 6.92 Å². The van der Waals surface area contributed by atoms with Crippen LogP contribution in [0.4, 0.5) is 5.69 Å². The molecule has 0 aliphatic rings. The summed E-state index contributed by atoms with van der Waals surface area (Å²) < 4.78 is 11.4. The Morgan fingerprint density at radius 2 is 1.91 bits per heavy atom. The quantitative estimate of drug-likeness (QED) is 0.439. The minimum absolute atomic E-state index is 0.177. The number of anilines is 1. The van der Waals surface area contributed by atoms with Gasteiger partial charge >= 0.3 is 0 Å². The van der Waals surface area contributed by atoms with Gasteiger partial charge in [-0.05, 0) is 59.9 Å². The SMILES string of the molecule is C=Cc1nccc(Oc2cc(C)cc(C(=O)Nc3cc(C(C)(C)C)cc(ONC)c3OC)c2)n1. The van der Waals surface area contributed by atoms with E-state index < -0.39 is 0 Å². The molecule has 0 fully saturated rings. The van der Waals surface area contributed by atoms with Crippen LogP contribution in [0.2, 0.25) is 0 Å². The highest BCUT2D eigenvalue weighted by Crippen LogP contribution is 2.40. The van der Waals surface area contributed by atoms with Gasteiger partial charge in [0.15, 0.2) is 17.3 Å². The average molecular weight is 463 g/mol. The first-order valence-electron chi connectivity index (χ1n) is 10.8. The number of amides is 1. The normalized spacial score (nSPS) is 11.0. The van der Waals surface area contributed by atoms with Gasteiger partial charge in [-0.1, -0.05) is 27.4 Å². The van der Waals surface area contributed by atoms with Gasteiger partial charge in [-0.2, -0.15) is 10.5 Å². The lowest BCUT2D eigenvalue weighted by molar-refractivity contribution is 0.102. The van der Waals surface area contributed by atoms with Crippen LogP contribution in [-0.2, 0) is 5.41 Å². The van der Waals surface area contributed by atoms with Gasteiger partial charge in [0.2, 0.25) is 5.88 Å². The molecule has 1 aromatic heterocycles. The molecule has 0 atom stereocenters. The largest absolute Gasteiger partial charge is 0.491 e. The molecule has 8 heteroatoms. The van der Waals surface area contributed by atoms with E-state index in [1.165, 1.54) is 13.2 Å². The molecule has 0 unspecified atom stereocenters. The zero-order valence-electron chi connectivity index (χ0n) is 20.4. The van der Waals surface area contributed by atoms with Crippen molar-refractivity contribution in [2.75, 3.05) is 19.5 Å². The Morgan fingerprint density at radius 3 is 2.56 bits per heavy atom. The molecule has 2 aromatic carbocycles. The number of aromatic nitrogens is 2. The molecule has 2 N–H and O–H groups in total. The minimum atomic E-state index is -0.317. The number of methoxy groups -OCH3 is 1. The van der Waals surface area contributed by atoms with Crippen LogP contribution in [0.25, 0.3) is 6.08 Å². The van der Waals surface area contributed by atoms with E-state index >= 15 is 0 Å². The molecule has 0 aliphatic heterocycles. The van der Waals surface area contributed by atoms with E-state index in [0.29, 0.717) is 40.2 Å². The van der Waals surface area contributed by atoms with E-state index in [1.54, 1.807) is 31.4 Å². The lowest BCUT2D eigenvalue weighted by atomic mass is 9.86. The summed E-state index contributed by atoms with van der Waals surface area (Å²) in [5, 5.41) is 2.96. The highest BCUT2D eigenvalue weighted by molar-refractivity contribution is 6.05. The topological polar surface area (TPSA) is 94.6 Å². The van der Waals surface area contributed by atoms with Crippen molar-refractivity contribution in [2.24, 2.45) is 0 Å². The van der Waals surface area contributed by atoms with Crippen LogP contribution in [0.3, 0.4) is 0 Å². The number of aryl methyl sites for hydroxylation is 1. The summed E-state index contributed by atoms with van der Waals surface area (Å²) in [6, 6.07) is 10.7. The highest BCUT2D eigenvalue weighted by atomic mass is 16.7. The zero-order valence-corrected chi connectivity index (χ0v) is 20.4. The first-order valence-corrected chi connectivity index (χ1v) is 10.8. The van der Waals surface area contributed by atoms with Gasteiger partial charge in [0.1, 0.15) is 5.75 Å². The zero-order chi connectivity index (χ0) is 24.9. The number of nitrogens with one attached hydrogen (secondary N) is 2. The monoisotopic (exact) mass is 462 g/mol. The standard InChI is InChI=1S/C26H30N4O4/c1-8-22-28-10-9-23(30-22)33-19-12-16(2)11-17(13-19)25(31)29-20-14-18(26(3,4)5)15-21(34-27-6)24(20)32-7/h8-15,27H,1H2,2-7H3,(H,29,31). The molecular formula is C26H30N4O4. The Balaban J connectivity index is 1.94. The van der Waals surface area contributed by atoms with Gasteiger partial charge in [-0.25, -0.2) is 4.98 Å². The smallest absolute Gasteiger partial charge is 0.255 e. The van der Waals surface area contributed by atoms with Crippen LogP contribution < -0.4 is 25.1 Å². The fraction of sp³-hybridized carbons (Fsp3) is 0.269. The summed E-state index contributed by atoms with van der Waals surface area (Å²) in [7, 11) is 3.19. The van der Waals surface area contributed by atoms with Gasteiger partial charge in [0.05, 0.1) is 12.8 Å². The van der Waals surface area contributed by atoms with Crippen LogP contribution in [0.1, 0.15) is 48.1 Å². The first-order chi connectivity index (χ1) is 16.1. The Labute approximate surface area is 200 Å². The molecule has 0 aliphatic carbocycles. The summed E-state index contributed by atoms with van der Waals surface area (Å²) in [4.78, 5) is 27.1. The molecule has 0 saturated heterocycles. The molecule has 8 nitrogen and oxygen atoms in total. The number of benzene rings is 2. The van der Waals surface area contributed by atoms with Crippen molar-refractivity contribution in [1.82, 2.24) is 15.4 Å². The summed E-state index contributed by atoms with van der Waals surface area (Å²) in [6.07, 6.45) is 3.12. The van der Waals surface area contributed by atoms with Gasteiger partial charge in [-0.3, -0.25) is 4.79 Å². The maximum Gasteiger partial charge on any atom is 0.255 e. The fourth-order valence-electron chi connectivity index (χ4n) is 3.29. The summed E-state index contributed by atoms with van der Waals surface area (Å²) in [5.74, 6) is 1.86. The predicted octanol–water partition coefficient (Wildman–Crippen LogP) is 5.29. The molecule has 0 saturated carbocycles. The highest BCUT2D eigenvalue weighted by Gasteiger charge is 2.22. The second-order valence-corrected chi connectivity index (χ2v) is 8.66. The number of nitrogens with zero attached hydrogens (tertiary/aromatic N) is 2. The maximum absolute atomic E-state index is 13.3. The second kappa shape index (κ2) is 10.4. The molecule has 0 bridgehead atoms. The molecule has 3 aromatic rings. The number of ether oxygens (including phenoxy) is 2. The molecule has 34 heavy (non-hydrogen) atoms. The number of hydrogen-bond acceptors (Lipinski definition) is 7. The summed E-state index contributed by atoms with van der Waals surface area (Å²) in [6.45, 7) is 11.8. The summed E-state index contributed by atoms with van der Waals surface area (Å²) >= 11 is 0. The summed E-state index contributed by atoms with van der Waals surface area (Å²) in [5.41, 5.74) is 5.25. The van der Waals surface area contributed by atoms with Crippen LogP contribution >= 0.6 is 0 Å². The van der Waals surface area contributed by atoms with Crippen molar-refractivity contribution in [3.05, 3.63) is 71.7 Å². The third kappa shape index (κ3) is 5.90. The van der Waals surface area contributed by atoms with Crippen molar-refractivity contribution in [1.29, 1.82) is 0 Å². The number of carbonyl (C=O) groups is 1. The molecule has 1 amide bonds. The molecule has 1 heterocycles. The maximum atomic E-state index is 13.3. The minimum Gasteiger partial charge on any atom is -0.491 e. The lowest BCUT2D eigenvalue weighted by Gasteiger charge is -2.23. The van der Waals surface area contributed by atoms with Crippen molar-refractivity contribution >= 4 is 17.7 Å². The van der Waals surface area contributed by atoms with Crippen LogP contribution in [-0.4, -0.2) is 30.0 Å². The van der Waals surface area contributed by atoms with Crippen molar-refractivity contribution in [3.63, 3.8) is 0 Å². The fourth-order valence-corrected chi connectivity index (χ4v) is 3.29. The number of carbonyl (C=O) groups excluding carboxylic acids is 1. The Morgan fingerprint density at radius 1 is 1.15 bits per heavy atom. The van der Waals surface area contributed by atoms with E-state index in [1.807, 2.05) is 25.1 Å². The van der Waals surface area contributed by atoms with Crippen molar-refractivity contribution < 1.29 is 19.1 Å². The third-order valence-corrected chi connectivity index (χ3v) is 4.95. The average Bonchev–Trinajstić information content (AvgIpc) is 2.78. The molecule has 178 valence electrons. The number of rotatable bonds is 8. The van der Waals surface area contributed by atoms with E-state index in [4.69, 9.17) is 14.3 Å². The number of hydrogen-bond donors (Lipinski definition) is 2. The van der Waals surface area contributed by atoms with E-state index in [2.05, 4.69) is 48.1 Å². The van der Waals surface area contributed by atoms with Crippen LogP contribution in [0.5, 0.6) is 23.1 Å². The van der Waals surface area contributed by atoms with Crippen molar-refractivity contribution in [3.8, 4) is 23.1 Å². The van der Waals surface area contributed by atoms with E-state index in [9.17, 15) is 4.79 Å². The lowest BCUT2D eigenvalue weighted by Crippen LogP contribution is -2.18. The molecule has 0 spiro atoms. The van der Waals surface area contributed by atoms with Gasteiger partial charge in [0.25, 0.3) is 5.91 Å². The molecular weight excluding hydrogens is 432 g/mol. The Hall–Kier alpha value is -3.91. The van der Waals surface area contributed by atoms with Gasteiger partial charge in [-0.15, -0.1) is 0 Å². The van der Waals surface area contributed by atoms with E-state index in [-0.39, 0.29) is 11.3 Å². The van der Waals surface area contributed by atoms with Crippen LogP contribution in [0.15, 0.2) is 49.2 Å². The predicted molar refractivity (Wildman–Crippen MR) is 133 cm³/mol. The molecule has 0 radical (unpaired) electrons. The van der Waals surface area contributed by atoms with Crippen molar-refractivity contribution in [2.45, 2.75) is 33.1 Å². The number of hydroxylamine groups is 1. The molecule has 3 rings (SSSR count). The van der Waals surface area contributed by atoms with Gasteiger partial charge < -0.3 is 19.6 Å². The first kappa shape index (κ1) is 24.7. The second-order valence-electron chi connectivity index (χ2n) is 8.66. The van der Waals surface area contributed by atoms with E-state index in [0.717, 1.165) is 11.1 Å². The van der Waals surface area contributed by atoms with Gasteiger partial charge in [0, 0.05) is 24.9 Å². The third-order valence-electron chi connectivity index (χ3n) is 4.95. The Bertz CT molecular complexity index is 1200.